The fraction of sp³-hybridized carbons (Fsp3) is 0.483. The van der Waals surface area contributed by atoms with Crippen LogP contribution in [0.3, 0.4) is 0 Å². The van der Waals surface area contributed by atoms with Crippen molar-refractivity contribution in [3.05, 3.63) is 51.3 Å². The number of nitrogens with one attached hydrogen (secondary N) is 2. The van der Waals surface area contributed by atoms with Gasteiger partial charge in [-0.2, -0.15) is 0 Å². The molecule has 39 heavy (non-hydrogen) atoms. The molecule has 0 spiro atoms. The maximum atomic E-state index is 14.9. The summed E-state index contributed by atoms with van der Waals surface area (Å²) in [7, 11) is 1.37. The summed E-state index contributed by atoms with van der Waals surface area (Å²) < 4.78 is 27.1. The number of rotatable bonds is 8. The standard InChI is InChI=1S/C29H32FIN2O6/c1-38-23-14-22(30)24(39-20-9-7-15(8-10-20)29(36)37)13-21(23)27(34)33-26-17-6-5-16(11-17)25(26)28(35)32-19-4-2-3-18(31)12-19/h2-4,12-17,20,25-26H,5-11H2,1H3,(H,32,35)(H,33,34)(H,36,37)/t15-,16-,17+,20+,25+,26-/m1/s1. The lowest BCUT2D eigenvalue weighted by atomic mass is 9.83. The number of hydrogen-bond acceptors (Lipinski definition) is 5. The van der Waals surface area contributed by atoms with Gasteiger partial charge in [0.25, 0.3) is 5.91 Å². The topological polar surface area (TPSA) is 114 Å². The van der Waals surface area contributed by atoms with Gasteiger partial charge in [-0.3, -0.25) is 14.4 Å². The second-order valence-electron chi connectivity index (χ2n) is 10.8. The lowest BCUT2D eigenvalue weighted by Crippen LogP contribution is -2.48. The number of hydrogen-bond donors (Lipinski definition) is 3. The van der Waals surface area contributed by atoms with E-state index in [1.54, 1.807) is 0 Å². The fourth-order valence-electron chi connectivity index (χ4n) is 6.48. The lowest BCUT2D eigenvalue weighted by molar-refractivity contribution is -0.143. The predicted molar refractivity (Wildman–Crippen MR) is 150 cm³/mol. The van der Waals surface area contributed by atoms with Gasteiger partial charge >= 0.3 is 5.97 Å². The molecule has 8 nitrogen and oxygen atoms in total. The van der Waals surface area contributed by atoms with Gasteiger partial charge in [-0.1, -0.05) is 6.07 Å². The largest absolute Gasteiger partial charge is 0.496 e. The molecule has 3 N–H and O–H groups in total. The predicted octanol–water partition coefficient (Wildman–Crippen LogP) is 5.24. The Morgan fingerprint density at radius 2 is 1.74 bits per heavy atom. The number of benzene rings is 2. The van der Waals surface area contributed by atoms with Crippen LogP contribution in [0.4, 0.5) is 10.1 Å². The van der Waals surface area contributed by atoms with Crippen molar-refractivity contribution in [2.45, 2.75) is 57.1 Å². The number of carbonyl (C=O) groups is 3. The van der Waals surface area contributed by atoms with E-state index in [9.17, 15) is 23.9 Å². The number of carbonyl (C=O) groups excluding carboxylic acids is 2. The molecule has 2 amide bonds. The number of carboxylic acid groups (broad SMARTS) is 1. The first-order valence-electron chi connectivity index (χ1n) is 13.4. The quantitative estimate of drug-likeness (QED) is 0.337. The first kappa shape index (κ1) is 27.7. The minimum absolute atomic E-state index is 0.0689. The molecule has 0 saturated heterocycles. The number of fused-ring (bicyclic) bond motifs is 2. The zero-order chi connectivity index (χ0) is 27.7. The maximum Gasteiger partial charge on any atom is 0.306 e. The van der Waals surface area contributed by atoms with Crippen molar-refractivity contribution in [1.29, 1.82) is 0 Å². The van der Waals surface area contributed by atoms with Gasteiger partial charge in [-0.25, -0.2) is 4.39 Å². The molecule has 0 unspecified atom stereocenters. The molecule has 10 heteroatoms. The number of aliphatic carboxylic acids is 1. The summed E-state index contributed by atoms with van der Waals surface area (Å²) in [5.74, 6) is -2.42. The van der Waals surface area contributed by atoms with Gasteiger partial charge in [0.15, 0.2) is 11.6 Å². The molecule has 0 aromatic heterocycles. The highest BCUT2D eigenvalue weighted by molar-refractivity contribution is 14.1. The van der Waals surface area contributed by atoms with Crippen LogP contribution in [-0.4, -0.2) is 42.1 Å². The van der Waals surface area contributed by atoms with Crippen LogP contribution in [0.5, 0.6) is 11.5 Å². The highest BCUT2D eigenvalue weighted by Gasteiger charge is 2.51. The van der Waals surface area contributed by atoms with Crippen LogP contribution in [0.15, 0.2) is 36.4 Å². The summed E-state index contributed by atoms with van der Waals surface area (Å²) in [5.41, 5.74) is 0.854. The molecular weight excluding hydrogens is 618 g/mol. The van der Waals surface area contributed by atoms with Gasteiger partial charge in [-0.05, 0) is 104 Å². The van der Waals surface area contributed by atoms with E-state index in [4.69, 9.17) is 9.47 Å². The monoisotopic (exact) mass is 650 g/mol. The average Bonchev–Trinajstić information content (AvgIpc) is 3.52. The molecule has 3 saturated carbocycles. The summed E-state index contributed by atoms with van der Waals surface area (Å²) in [6, 6.07) is 9.72. The molecule has 3 aliphatic rings. The third-order valence-electron chi connectivity index (χ3n) is 8.42. The summed E-state index contributed by atoms with van der Waals surface area (Å²) in [6.45, 7) is 0. The van der Waals surface area contributed by atoms with Crippen LogP contribution in [0.2, 0.25) is 0 Å². The Morgan fingerprint density at radius 3 is 2.44 bits per heavy atom. The van der Waals surface area contributed by atoms with Crippen LogP contribution >= 0.6 is 22.6 Å². The lowest BCUT2D eigenvalue weighted by Gasteiger charge is -2.31. The zero-order valence-electron chi connectivity index (χ0n) is 21.6. The number of anilines is 1. The Morgan fingerprint density at radius 1 is 1.00 bits per heavy atom. The molecule has 4 atom stereocenters. The smallest absolute Gasteiger partial charge is 0.306 e. The van der Waals surface area contributed by atoms with Crippen molar-refractivity contribution in [1.82, 2.24) is 5.32 Å². The summed E-state index contributed by atoms with van der Waals surface area (Å²) >= 11 is 2.20. The van der Waals surface area contributed by atoms with Crippen LogP contribution in [-0.2, 0) is 9.59 Å². The van der Waals surface area contributed by atoms with Crippen LogP contribution in [0.1, 0.15) is 55.3 Å². The summed E-state index contributed by atoms with van der Waals surface area (Å²) in [6.07, 6.45) is 4.34. The van der Waals surface area contributed by atoms with E-state index in [0.717, 1.165) is 34.6 Å². The normalized spacial score (nSPS) is 27.6. The van der Waals surface area contributed by atoms with E-state index in [2.05, 4.69) is 33.2 Å². The van der Waals surface area contributed by atoms with E-state index in [1.807, 2.05) is 24.3 Å². The summed E-state index contributed by atoms with van der Waals surface area (Å²) in [5, 5.41) is 15.3. The minimum atomic E-state index is -0.825. The Hall–Kier alpha value is -2.89. The molecule has 0 heterocycles. The first-order chi connectivity index (χ1) is 18.7. The van der Waals surface area contributed by atoms with Crippen LogP contribution < -0.4 is 20.1 Å². The van der Waals surface area contributed by atoms with E-state index in [1.165, 1.54) is 13.2 Å². The summed E-state index contributed by atoms with van der Waals surface area (Å²) in [4.78, 5) is 38.1. The van der Waals surface area contributed by atoms with Crippen molar-refractivity contribution in [3.63, 3.8) is 0 Å². The van der Waals surface area contributed by atoms with Gasteiger partial charge in [-0.15, -0.1) is 0 Å². The Balaban J connectivity index is 1.31. The van der Waals surface area contributed by atoms with Crippen molar-refractivity contribution in [3.8, 4) is 11.5 Å². The van der Waals surface area contributed by atoms with E-state index >= 15 is 0 Å². The van der Waals surface area contributed by atoms with Gasteiger partial charge in [0.2, 0.25) is 5.91 Å². The van der Waals surface area contributed by atoms with E-state index < -0.39 is 23.6 Å². The third kappa shape index (κ3) is 6.00. The van der Waals surface area contributed by atoms with Crippen LogP contribution in [0, 0.1) is 33.1 Å². The van der Waals surface area contributed by atoms with Gasteiger partial charge in [0, 0.05) is 21.4 Å². The number of methoxy groups -OCH3 is 1. The highest BCUT2D eigenvalue weighted by atomic mass is 127. The maximum absolute atomic E-state index is 14.9. The molecule has 2 bridgehead atoms. The molecule has 208 valence electrons. The molecule has 0 radical (unpaired) electrons. The molecule has 2 aromatic rings. The molecule has 5 rings (SSSR count). The SMILES string of the molecule is COc1cc(F)c(O[C@H]2CC[C@@H](C(=O)O)CC2)cc1C(=O)N[C@@H]1[C@H]2CC[C@H](C2)[C@@H]1C(=O)Nc1cccc(I)c1. The average molecular weight is 650 g/mol. The highest BCUT2D eigenvalue weighted by Crippen LogP contribution is 2.49. The Bertz CT molecular complexity index is 1260. The van der Waals surface area contributed by atoms with Crippen molar-refractivity contribution >= 4 is 46.1 Å². The number of halogens is 2. The van der Waals surface area contributed by atoms with Crippen LogP contribution in [0.25, 0.3) is 0 Å². The second kappa shape index (κ2) is 11.7. The molecular formula is C29H32FIN2O6. The molecule has 3 aliphatic carbocycles. The van der Waals surface area contributed by atoms with Gasteiger partial charge in [0.1, 0.15) is 5.75 Å². The Labute approximate surface area is 240 Å². The molecule has 0 aliphatic heterocycles. The molecule has 3 fully saturated rings. The first-order valence-corrected chi connectivity index (χ1v) is 14.5. The number of ether oxygens (including phenoxy) is 2. The third-order valence-corrected chi connectivity index (χ3v) is 9.10. The van der Waals surface area contributed by atoms with Crippen molar-refractivity contribution in [2.75, 3.05) is 12.4 Å². The van der Waals surface area contributed by atoms with Gasteiger partial charge < -0.3 is 25.2 Å². The minimum Gasteiger partial charge on any atom is -0.496 e. The van der Waals surface area contributed by atoms with Gasteiger partial charge in [0.05, 0.1) is 30.6 Å². The van der Waals surface area contributed by atoms with E-state index in [-0.39, 0.29) is 52.9 Å². The number of carboxylic acids is 1. The van der Waals surface area contributed by atoms with E-state index in [0.29, 0.717) is 25.7 Å². The van der Waals surface area contributed by atoms with Crippen molar-refractivity contribution in [2.24, 2.45) is 23.7 Å². The number of amides is 2. The molecule has 2 aromatic carbocycles. The van der Waals surface area contributed by atoms with Crippen molar-refractivity contribution < 1.29 is 33.4 Å². The fourth-order valence-corrected chi connectivity index (χ4v) is 7.02. The Kier molecular flexibility index (Phi) is 8.29. The second-order valence-corrected chi connectivity index (χ2v) is 12.0. The zero-order valence-corrected chi connectivity index (χ0v) is 23.8.